The molecule has 1 rings (SSSR count). The van der Waals surface area contributed by atoms with E-state index in [-0.39, 0.29) is 6.10 Å². The zero-order valence-corrected chi connectivity index (χ0v) is 11.4. The Morgan fingerprint density at radius 1 is 1.35 bits per heavy atom. The SMILES string of the molecule is CC(C)OCC(O)CNc1cccc(Cl)c1Cl. The lowest BCUT2D eigenvalue weighted by molar-refractivity contribution is 0.0112. The van der Waals surface area contributed by atoms with E-state index in [2.05, 4.69) is 5.32 Å². The second kappa shape index (κ2) is 7.07. The van der Waals surface area contributed by atoms with Crippen molar-refractivity contribution in [3.05, 3.63) is 28.2 Å². The normalized spacial score (nSPS) is 12.8. The zero-order chi connectivity index (χ0) is 12.8. The average Bonchev–Trinajstić information content (AvgIpc) is 2.28. The topological polar surface area (TPSA) is 41.5 Å². The van der Waals surface area contributed by atoms with Crippen molar-refractivity contribution in [1.29, 1.82) is 0 Å². The number of halogens is 2. The molecular weight excluding hydrogens is 261 g/mol. The van der Waals surface area contributed by atoms with Gasteiger partial charge in [0.25, 0.3) is 0 Å². The van der Waals surface area contributed by atoms with Crippen LogP contribution in [0.5, 0.6) is 0 Å². The van der Waals surface area contributed by atoms with Crippen molar-refractivity contribution < 1.29 is 9.84 Å². The Morgan fingerprint density at radius 2 is 2.06 bits per heavy atom. The molecule has 0 spiro atoms. The summed E-state index contributed by atoms with van der Waals surface area (Å²) in [7, 11) is 0. The quantitative estimate of drug-likeness (QED) is 0.839. The first-order valence-corrected chi connectivity index (χ1v) is 6.24. The molecule has 0 radical (unpaired) electrons. The molecule has 0 fully saturated rings. The maximum Gasteiger partial charge on any atom is 0.0945 e. The first kappa shape index (κ1) is 14.6. The Labute approximate surface area is 112 Å². The van der Waals surface area contributed by atoms with Gasteiger partial charge < -0.3 is 15.2 Å². The van der Waals surface area contributed by atoms with Gasteiger partial charge in [-0.1, -0.05) is 29.3 Å². The second-order valence-electron chi connectivity index (χ2n) is 4.02. The lowest BCUT2D eigenvalue weighted by atomic mass is 10.3. The Hall–Kier alpha value is -0.480. The minimum atomic E-state index is -0.576. The molecule has 0 aromatic heterocycles. The Kier molecular flexibility index (Phi) is 6.06. The van der Waals surface area contributed by atoms with Crippen LogP contribution in [0.3, 0.4) is 0 Å². The van der Waals surface area contributed by atoms with Gasteiger partial charge in [-0.2, -0.15) is 0 Å². The van der Waals surface area contributed by atoms with Crippen molar-refractivity contribution in [2.45, 2.75) is 26.1 Å². The van der Waals surface area contributed by atoms with Gasteiger partial charge in [0, 0.05) is 6.54 Å². The number of aliphatic hydroxyl groups is 1. The average molecular weight is 278 g/mol. The molecule has 1 unspecified atom stereocenters. The van der Waals surface area contributed by atoms with Crippen LogP contribution in [-0.4, -0.2) is 30.5 Å². The molecule has 0 aliphatic heterocycles. The molecule has 1 aromatic rings. The van der Waals surface area contributed by atoms with Crippen LogP contribution in [0.1, 0.15) is 13.8 Å². The summed E-state index contributed by atoms with van der Waals surface area (Å²) < 4.78 is 5.30. The van der Waals surface area contributed by atoms with Crippen LogP contribution in [0.2, 0.25) is 10.0 Å². The van der Waals surface area contributed by atoms with E-state index in [0.29, 0.717) is 28.9 Å². The number of hydrogen-bond donors (Lipinski definition) is 2. The number of anilines is 1. The van der Waals surface area contributed by atoms with Gasteiger partial charge in [0.05, 0.1) is 34.5 Å². The third-order valence-corrected chi connectivity index (χ3v) is 2.92. The van der Waals surface area contributed by atoms with Crippen LogP contribution >= 0.6 is 23.2 Å². The molecule has 0 bridgehead atoms. The van der Waals surface area contributed by atoms with Gasteiger partial charge >= 0.3 is 0 Å². The molecule has 0 aliphatic carbocycles. The van der Waals surface area contributed by atoms with Gasteiger partial charge in [0.15, 0.2) is 0 Å². The number of ether oxygens (including phenoxy) is 1. The molecule has 0 saturated carbocycles. The van der Waals surface area contributed by atoms with E-state index in [4.69, 9.17) is 27.9 Å². The fraction of sp³-hybridized carbons (Fsp3) is 0.500. The van der Waals surface area contributed by atoms with Crippen LogP contribution in [-0.2, 0) is 4.74 Å². The minimum Gasteiger partial charge on any atom is -0.389 e. The number of nitrogens with one attached hydrogen (secondary N) is 1. The molecule has 0 heterocycles. The van der Waals surface area contributed by atoms with E-state index in [1.807, 2.05) is 19.9 Å². The van der Waals surface area contributed by atoms with Gasteiger partial charge in [0.1, 0.15) is 0 Å². The fourth-order valence-corrected chi connectivity index (χ4v) is 1.60. The Morgan fingerprint density at radius 3 is 2.71 bits per heavy atom. The highest BCUT2D eigenvalue weighted by Crippen LogP contribution is 2.29. The first-order chi connectivity index (χ1) is 8.00. The lowest BCUT2D eigenvalue weighted by Crippen LogP contribution is -2.26. The second-order valence-corrected chi connectivity index (χ2v) is 4.80. The van der Waals surface area contributed by atoms with Crippen molar-refractivity contribution in [2.75, 3.05) is 18.5 Å². The summed E-state index contributed by atoms with van der Waals surface area (Å²) in [6, 6.07) is 5.32. The summed E-state index contributed by atoms with van der Waals surface area (Å²) in [6.45, 7) is 4.51. The smallest absolute Gasteiger partial charge is 0.0945 e. The molecule has 3 nitrogen and oxygen atoms in total. The monoisotopic (exact) mass is 277 g/mol. The summed E-state index contributed by atoms with van der Waals surface area (Å²) in [5.74, 6) is 0. The molecule has 2 N–H and O–H groups in total. The predicted octanol–water partition coefficient (Wildman–Crippen LogP) is 3.19. The molecule has 17 heavy (non-hydrogen) atoms. The van der Waals surface area contributed by atoms with Crippen LogP contribution in [0, 0.1) is 0 Å². The zero-order valence-electron chi connectivity index (χ0n) is 9.91. The molecule has 96 valence electrons. The fourth-order valence-electron chi connectivity index (χ4n) is 1.23. The molecule has 0 aliphatic rings. The van der Waals surface area contributed by atoms with Crippen molar-refractivity contribution in [3.63, 3.8) is 0 Å². The predicted molar refractivity (Wildman–Crippen MR) is 72.0 cm³/mol. The van der Waals surface area contributed by atoms with Gasteiger partial charge in [-0.05, 0) is 26.0 Å². The summed E-state index contributed by atoms with van der Waals surface area (Å²) in [5, 5.41) is 13.6. The Bertz CT molecular complexity index is 358. The third-order valence-electron chi connectivity index (χ3n) is 2.10. The first-order valence-electron chi connectivity index (χ1n) is 5.48. The maximum atomic E-state index is 9.66. The highest BCUT2D eigenvalue weighted by molar-refractivity contribution is 6.43. The molecule has 1 aromatic carbocycles. The number of rotatable bonds is 6. The van der Waals surface area contributed by atoms with Gasteiger partial charge in [0.2, 0.25) is 0 Å². The number of aliphatic hydroxyl groups excluding tert-OH is 1. The van der Waals surface area contributed by atoms with Crippen LogP contribution in [0.25, 0.3) is 0 Å². The van der Waals surface area contributed by atoms with Crippen LogP contribution in [0.15, 0.2) is 18.2 Å². The van der Waals surface area contributed by atoms with Crippen molar-refractivity contribution in [3.8, 4) is 0 Å². The van der Waals surface area contributed by atoms with E-state index in [0.717, 1.165) is 0 Å². The van der Waals surface area contributed by atoms with Crippen LogP contribution in [0.4, 0.5) is 5.69 Å². The standard InChI is InChI=1S/C12H17Cl2NO2/c1-8(2)17-7-9(16)6-15-11-5-3-4-10(13)12(11)14/h3-5,8-9,15-16H,6-7H2,1-2H3. The van der Waals surface area contributed by atoms with Crippen LogP contribution < -0.4 is 5.32 Å². The molecule has 0 saturated heterocycles. The highest BCUT2D eigenvalue weighted by Gasteiger charge is 2.08. The summed E-state index contributed by atoms with van der Waals surface area (Å²) >= 11 is 11.9. The van der Waals surface area contributed by atoms with Crippen molar-refractivity contribution in [1.82, 2.24) is 0 Å². The van der Waals surface area contributed by atoms with Crippen molar-refractivity contribution in [2.24, 2.45) is 0 Å². The largest absolute Gasteiger partial charge is 0.389 e. The molecule has 1 atom stereocenters. The number of benzene rings is 1. The third kappa shape index (κ3) is 5.13. The number of hydrogen-bond acceptors (Lipinski definition) is 3. The highest BCUT2D eigenvalue weighted by atomic mass is 35.5. The molecule has 5 heteroatoms. The van der Waals surface area contributed by atoms with Gasteiger partial charge in [-0.3, -0.25) is 0 Å². The van der Waals surface area contributed by atoms with E-state index >= 15 is 0 Å². The van der Waals surface area contributed by atoms with E-state index in [9.17, 15) is 5.11 Å². The lowest BCUT2D eigenvalue weighted by Gasteiger charge is -2.15. The minimum absolute atomic E-state index is 0.111. The van der Waals surface area contributed by atoms with Gasteiger partial charge in [-0.15, -0.1) is 0 Å². The molecular formula is C12H17Cl2NO2. The van der Waals surface area contributed by atoms with E-state index < -0.39 is 6.10 Å². The van der Waals surface area contributed by atoms with E-state index in [1.165, 1.54) is 0 Å². The van der Waals surface area contributed by atoms with Crippen molar-refractivity contribution >= 4 is 28.9 Å². The van der Waals surface area contributed by atoms with E-state index in [1.54, 1.807) is 12.1 Å². The Balaban J connectivity index is 2.42. The summed E-state index contributed by atoms with van der Waals surface area (Å²) in [4.78, 5) is 0. The maximum absolute atomic E-state index is 9.66. The molecule has 0 amide bonds. The van der Waals surface area contributed by atoms with Gasteiger partial charge in [-0.25, -0.2) is 0 Å². The summed E-state index contributed by atoms with van der Waals surface area (Å²) in [5.41, 5.74) is 0.711. The summed E-state index contributed by atoms with van der Waals surface area (Å²) in [6.07, 6.45) is -0.466.